The molecule has 4 heteroatoms. The van der Waals surface area contributed by atoms with Crippen LogP contribution >= 0.6 is 0 Å². The van der Waals surface area contributed by atoms with Crippen molar-refractivity contribution in [3.63, 3.8) is 0 Å². The Morgan fingerprint density at radius 2 is 2.25 bits per heavy atom. The summed E-state index contributed by atoms with van der Waals surface area (Å²) in [4.78, 5) is 10.9. The molecule has 16 heavy (non-hydrogen) atoms. The number of hydrogen-bond donors (Lipinski definition) is 1. The fraction of sp³-hybridized carbons (Fsp3) is 0.417. The normalized spacial score (nSPS) is 9.94. The van der Waals surface area contributed by atoms with E-state index in [4.69, 9.17) is 4.74 Å². The highest BCUT2D eigenvalue weighted by molar-refractivity contribution is 5.75. The van der Waals surface area contributed by atoms with E-state index in [2.05, 4.69) is 5.32 Å². The van der Waals surface area contributed by atoms with Gasteiger partial charge in [0.25, 0.3) is 0 Å². The van der Waals surface area contributed by atoms with Crippen molar-refractivity contribution < 1.29 is 13.9 Å². The van der Waals surface area contributed by atoms with Gasteiger partial charge in [0.2, 0.25) is 5.91 Å². The Labute approximate surface area is 94.6 Å². The SMILES string of the molecule is CNC(=O)CCCOc1cccc(C)c1F. The molecule has 1 amide bonds. The number of carbonyl (C=O) groups excluding carboxylic acids is 1. The molecule has 0 saturated heterocycles. The van der Waals surface area contributed by atoms with Gasteiger partial charge in [-0.3, -0.25) is 4.79 Å². The molecule has 0 spiro atoms. The van der Waals surface area contributed by atoms with Crippen LogP contribution in [0.2, 0.25) is 0 Å². The molecule has 0 heterocycles. The smallest absolute Gasteiger partial charge is 0.219 e. The monoisotopic (exact) mass is 225 g/mol. The second-order valence-corrected chi connectivity index (χ2v) is 3.51. The number of amides is 1. The summed E-state index contributed by atoms with van der Waals surface area (Å²) in [5, 5.41) is 2.52. The summed E-state index contributed by atoms with van der Waals surface area (Å²) in [6, 6.07) is 5.02. The van der Waals surface area contributed by atoms with Gasteiger partial charge in [-0.25, -0.2) is 4.39 Å². The Morgan fingerprint density at radius 1 is 1.50 bits per heavy atom. The van der Waals surface area contributed by atoms with Crippen molar-refractivity contribution in [1.82, 2.24) is 5.32 Å². The topological polar surface area (TPSA) is 38.3 Å². The first-order valence-electron chi connectivity index (χ1n) is 5.23. The van der Waals surface area contributed by atoms with E-state index in [9.17, 15) is 9.18 Å². The number of benzene rings is 1. The van der Waals surface area contributed by atoms with Gasteiger partial charge >= 0.3 is 0 Å². The molecule has 0 aliphatic heterocycles. The predicted molar refractivity (Wildman–Crippen MR) is 59.9 cm³/mol. The van der Waals surface area contributed by atoms with Gasteiger partial charge in [0.1, 0.15) is 0 Å². The van der Waals surface area contributed by atoms with Gasteiger partial charge in [0.05, 0.1) is 6.61 Å². The minimum absolute atomic E-state index is 0.0340. The third-order valence-corrected chi connectivity index (χ3v) is 2.24. The molecule has 0 aromatic heterocycles. The number of halogens is 1. The Hall–Kier alpha value is -1.58. The number of ether oxygens (including phenoxy) is 1. The van der Waals surface area contributed by atoms with Gasteiger partial charge in [0.15, 0.2) is 11.6 Å². The molecule has 1 aromatic carbocycles. The first kappa shape index (κ1) is 12.5. The van der Waals surface area contributed by atoms with Crippen molar-refractivity contribution in [2.75, 3.05) is 13.7 Å². The van der Waals surface area contributed by atoms with E-state index in [-0.39, 0.29) is 17.5 Å². The average Bonchev–Trinajstić information content (AvgIpc) is 2.29. The Balaban J connectivity index is 2.38. The number of nitrogens with one attached hydrogen (secondary N) is 1. The predicted octanol–water partition coefficient (Wildman–Crippen LogP) is 2.04. The number of carbonyl (C=O) groups is 1. The molecule has 0 saturated carbocycles. The molecule has 0 fully saturated rings. The molecule has 0 radical (unpaired) electrons. The summed E-state index contributed by atoms with van der Waals surface area (Å²) in [5.41, 5.74) is 0.559. The third-order valence-electron chi connectivity index (χ3n) is 2.24. The largest absolute Gasteiger partial charge is 0.490 e. The molecule has 1 rings (SSSR count). The molecule has 0 aliphatic carbocycles. The van der Waals surface area contributed by atoms with Crippen LogP contribution in [0.4, 0.5) is 4.39 Å². The van der Waals surface area contributed by atoms with E-state index in [1.165, 1.54) is 0 Å². The lowest BCUT2D eigenvalue weighted by Crippen LogP contribution is -2.18. The Bertz CT molecular complexity index is 366. The van der Waals surface area contributed by atoms with Crippen molar-refractivity contribution in [3.05, 3.63) is 29.6 Å². The fourth-order valence-corrected chi connectivity index (χ4v) is 1.27. The van der Waals surface area contributed by atoms with Crippen LogP contribution in [0.3, 0.4) is 0 Å². The van der Waals surface area contributed by atoms with Crippen molar-refractivity contribution in [2.24, 2.45) is 0 Å². The quantitative estimate of drug-likeness (QED) is 0.779. The van der Waals surface area contributed by atoms with Crippen LogP contribution in [0.1, 0.15) is 18.4 Å². The highest BCUT2D eigenvalue weighted by Gasteiger charge is 2.05. The number of aryl methyl sites for hydroxylation is 1. The van der Waals surface area contributed by atoms with Gasteiger partial charge in [-0.05, 0) is 25.0 Å². The lowest BCUT2D eigenvalue weighted by Gasteiger charge is -2.07. The van der Waals surface area contributed by atoms with Crippen molar-refractivity contribution >= 4 is 5.91 Å². The maximum absolute atomic E-state index is 13.4. The zero-order chi connectivity index (χ0) is 12.0. The fourth-order valence-electron chi connectivity index (χ4n) is 1.27. The average molecular weight is 225 g/mol. The summed E-state index contributed by atoms with van der Waals surface area (Å²) in [6.45, 7) is 2.03. The Kier molecular flexibility index (Phi) is 4.76. The lowest BCUT2D eigenvalue weighted by molar-refractivity contribution is -0.120. The van der Waals surface area contributed by atoms with E-state index >= 15 is 0 Å². The van der Waals surface area contributed by atoms with Gasteiger partial charge in [-0.15, -0.1) is 0 Å². The zero-order valence-corrected chi connectivity index (χ0v) is 9.55. The molecule has 1 N–H and O–H groups in total. The van der Waals surface area contributed by atoms with Crippen molar-refractivity contribution in [1.29, 1.82) is 0 Å². The summed E-state index contributed by atoms with van der Waals surface area (Å²) in [6.07, 6.45) is 0.969. The van der Waals surface area contributed by atoms with Crippen molar-refractivity contribution in [3.8, 4) is 5.75 Å². The van der Waals surface area contributed by atoms with Crippen LogP contribution in [0.5, 0.6) is 5.75 Å². The van der Waals surface area contributed by atoms with Crippen LogP contribution in [-0.2, 0) is 4.79 Å². The van der Waals surface area contributed by atoms with Crippen LogP contribution in [0.25, 0.3) is 0 Å². The van der Waals surface area contributed by atoms with Crippen LogP contribution in [0.15, 0.2) is 18.2 Å². The second-order valence-electron chi connectivity index (χ2n) is 3.51. The molecule has 0 aliphatic rings. The molecule has 88 valence electrons. The van der Waals surface area contributed by atoms with E-state index < -0.39 is 0 Å². The molecular weight excluding hydrogens is 209 g/mol. The lowest BCUT2D eigenvalue weighted by atomic mass is 10.2. The van der Waals surface area contributed by atoms with Gasteiger partial charge in [0, 0.05) is 13.5 Å². The number of rotatable bonds is 5. The summed E-state index contributed by atoms with van der Waals surface area (Å²) in [7, 11) is 1.59. The summed E-state index contributed by atoms with van der Waals surface area (Å²) in [5.74, 6) is -0.118. The van der Waals surface area contributed by atoms with Gasteiger partial charge in [-0.2, -0.15) is 0 Å². The van der Waals surface area contributed by atoms with Crippen LogP contribution < -0.4 is 10.1 Å². The third kappa shape index (κ3) is 3.53. The first-order valence-corrected chi connectivity index (χ1v) is 5.23. The van der Waals surface area contributed by atoms with Gasteiger partial charge < -0.3 is 10.1 Å². The molecule has 0 unspecified atom stereocenters. The van der Waals surface area contributed by atoms with E-state index in [1.807, 2.05) is 0 Å². The standard InChI is InChI=1S/C12H16FNO2/c1-9-5-3-6-10(12(9)13)16-8-4-7-11(15)14-2/h3,5-6H,4,7-8H2,1-2H3,(H,14,15). The highest BCUT2D eigenvalue weighted by Crippen LogP contribution is 2.19. The maximum Gasteiger partial charge on any atom is 0.219 e. The second kappa shape index (κ2) is 6.10. The molecule has 3 nitrogen and oxygen atoms in total. The molecule has 0 bridgehead atoms. The van der Waals surface area contributed by atoms with Crippen LogP contribution in [0, 0.1) is 12.7 Å². The highest BCUT2D eigenvalue weighted by atomic mass is 19.1. The molecule has 0 atom stereocenters. The van der Waals surface area contributed by atoms with E-state index in [1.54, 1.807) is 32.2 Å². The van der Waals surface area contributed by atoms with Crippen LogP contribution in [-0.4, -0.2) is 19.6 Å². The minimum Gasteiger partial charge on any atom is -0.490 e. The molecule has 1 aromatic rings. The maximum atomic E-state index is 13.4. The molecular formula is C12H16FNO2. The number of hydrogen-bond acceptors (Lipinski definition) is 2. The zero-order valence-electron chi connectivity index (χ0n) is 9.55. The summed E-state index contributed by atoms with van der Waals surface area (Å²) >= 11 is 0. The Morgan fingerprint density at radius 3 is 2.94 bits per heavy atom. The van der Waals surface area contributed by atoms with Crippen molar-refractivity contribution in [2.45, 2.75) is 19.8 Å². The van der Waals surface area contributed by atoms with E-state index in [0.29, 0.717) is 25.0 Å². The summed E-state index contributed by atoms with van der Waals surface area (Å²) < 4.78 is 18.7. The van der Waals surface area contributed by atoms with E-state index in [0.717, 1.165) is 0 Å². The van der Waals surface area contributed by atoms with Gasteiger partial charge in [-0.1, -0.05) is 12.1 Å². The minimum atomic E-state index is -0.331. The first-order chi connectivity index (χ1) is 7.65.